The molecule has 0 saturated carbocycles. The first-order valence-corrected chi connectivity index (χ1v) is 6.31. The zero-order chi connectivity index (χ0) is 14.6. The monoisotopic (exact) mass is 275 g/mol. The van der Waals surface area contributed by atoms with Crippen LogP contribution in [0.25, 0.3) is 0 Å². The van der Waals surface area contributed by atoms with Crippen LogP contribution in [0.2, 0.25) is 0 Å². The number of halogens is 3. The maximum absolute atomic E-state index is 12.7. The van der Waals surface area contributed by atoms with Crippen molar-refractivity contribution in [3.63, 3.8) is 0 Å². The third-order valence-corrected chi connectivity index (χ3v) is 3.07. The summed E-state index contributed by atoms with van der Waals surface area (Å²) in [5, 5.41) is 10.1. The second-order valence-corrected chi connectivity index (χ2v) is 5.16. The van der Waals surface area contributed by atoms with Gasteiger partial charge in [0.25, 0.3) is 0 Å². The van der Waals surface area contributed by atoms with E-state index in [1.807, 2.05) is 13.8 Å². The van der Waals surface area contributed by atoms with Gasteiger partial charge in [-0.1, -0.05) is 32.0 Å². The second kappa shape index (κ2) is 6.39. The molecule has 0 radical (unpaired) electrons. The van der Waals surface area contributed by atoms with Gasteiger partial charge in [0.05, 0.1) is 11.7 Å². The molecule has 2 unspecified atom stereocenters. The van der Waals surface area contributed by atoms with Crippen LogP contribution in [0.1, 0.15) is 37.3 Å². The van der Waals surface area contributed by atoms with Gasteiger partial charge in [-0.3, -0.25) is 0 Å². The molecular formula is C14H20F3NO. The quantitative estimate of drug-likeness (QED) is 0.867. The van der Waals surface area contributed by atoms with Gasteiger partial charge < -0.3 is 10.8 Å². The lowest BCUT2D eigenvalue weighted by atomic mass is 9.88. The Bertz CT molecular complexity index is 404. The topological polar surface area (TPSA) is 46.2 Å². The number of alkyl halides is 3. The van der Waals surface area contributed by atoms with Gasteiger partial charge in [0, 0.05) is 12.5 Å². The van der Waals surface area contributed by atoms with Crippen LogP contribution in [0.3, 0.4) is 0 Å². The van der Waals surface area contributed by atoms with Crippen molar-refractivity contribution in [1.82, 2.24) is 0 Å². The molecule has 2 atom stereocenters. The fourth-order valence-electron chi connectivity index (χ4n) is 2.11. The van der Waals surface area contributed by atoms with Crippen molar-refractivity contribution in [2.45, 2.75) is 38.5 Å². The maximum atomic E-state index is 12.7. The Morgan fingerprint density at radius 3 is 2.37 bits per heavy atom. The fourth-order valence-corrected chi connectivity index (χ4v) is 2.11. The molecule has 0 aliphatic carbocycles. The van der Waals surface area contributed by atoms with Gasteiger partial charge in [0.2, 0.25) is 0 Å². The predicted molar refractivity (Wildman–Crippen MR) is 68.7 cm³/mol. The van der Waals surface area contributed by atoms with Gasteiger partial charge in [-0.05, 0) is 24.0 Å². The van der Waals surface area contributed by atoms with Crippen LogP contribution in [0.5, 0.6) is 0 Å². The zero-order valence-electron chi connectivity index (χ0n) is 11.1. The molecule has 108 valence electrons. The molecule has 1 aromatic carbocycles. The van der Waals surface area contributed by atoms with E-state index in [1.54, 1.807) is 6.07 Å². The predicted octanol–water partition coefficient (Wildman–Crippen LogP) is 3.15. The summed E-state index contributed by atoms with van der Waals surface area (Å²) in [6.45, 7) is 4.01. The summed E-state index contributed by atoms with van der Waals surface area (Å²) in [6.07, 6.45) is -4.59. The van der Waals surface area contributed by atoms with E-state index in [-0.39, 0.29) is 12.5 Å². The lowest BCUT2D eigenvalue weighted by molar-refractivity contribution is -0.137. The van der Waals surface area contributed by atoms with Gasteiger partial charge in [-0.15, -0.1) is 0 Å². The molecule has 0 fully saturated rings. The molecule has 1 rings (SSSR count). The van der Waals surface area contributed by atoms with Crippen LogP contribution in [-0.2, 0) is 6.18 Å². The lowest BCUT2D eigenvalue weighted by Gasteiger charge is -2.24. The number of hydrogen-bond donors (Lipinski definition) is 2. The van der Waals surface area contributed by atoms with Crippen molar-refractivity contribution in [2.75, 3.05) is 6.54 Å². The third kappa shape index (κ3) is 4.51. The van der Waals surface area contributed by atoms with E-state index >= 15 is 0 Å². The van der Waals surface area contributed by atoms with Crippen LogP contribution in [-0.4, -0.2) is 17.8 Å². The fraction of sp³-hybridized carbons (Fsp3) is 0.571. The molecule has 19 heavy (non-hydrogen) atoms. The minimum Gasteiger partial charge on any atom is -0.392 e. The molecule has 0 aromatic heterocycles. The van der Waals surface area contributed by atoms with Crippen molar-refractivity contribution in [3.05, 3.63) is 35.4 Å². The molecule has 0 bridgehead atoms. The summed E-state index contributed by atoms with van der Waals surface area (Å²) in [6, 6.07) is 5.02. The van der Waals surface area contributed by atoms with E-state index in [4.69, 9.17) is 5.73 Å². The van der Waals surface area contributed by atoms with Crippen LogP contribution < -0.4 is 5.73 Å². The van der Waals surface area contributed by atoms with Crippen molar-refractivity contribution >= 4 is 0 Å². The summed E-state index contributed by atoms with van der Waals surface area (Å²) in [5.41, 5.74) is 5.33. The summed E-state index contributed by atoms with van der Waals surface area (Å²) in [7, 11) is 0. The highest BCUT2D eigenvalue weighted by Gasteiger charge is 2.31. The van der Waals surface area contributed by atoms with Crippen LogP contribution in [0.4, 0.5) is 13.2 Å². The summed E-state index contributed by atoms with van der Waals surface area (Å²) < 4.78 is 38.0. The Morgan fingerprint density at radius 1 is 1.26 bits per heavy atom. The number of hydrogen-bond acceptors (Lipinski definition) is 2. The van der Waals surface area contributed by atoms with Gasteiger partial charge in [-0.2, -0.15) is 13.2 Å². The highest BCUT2D eigenvalue weighted by molar-refractivity contribution is 5.29. The molecule has 2 nitrogen and oxygen atoms in total. The Balaban J connectivity index is 2.99. The number of benzene rings is 1. The molecule has 0 saturated heterocycles. The summed E-state index contributed by atoms with van der Waals surface area (Å²) in [5.74, 6) is -0.209. The minimum absolute atomic E-state index is 0.120. The van der Waals surface area contributed by atoms with E-state index in [9.17, 15) is 18.3 Å². The number of nitrogens with two attached hydrogens (primary N) is 1. The van der Waals surface area contributed by atoms with E-state index in [2.05, 4.69) is 0 Å². The zero-order valence-corrected chi connectivity index (χ0v) is 11.1. The number of aliphatic hydroxyl groups excluding tert-OH is 1. The van der Waals surface area contributed by atoms with Gasteiger partial charge in [0.1, 0.15) is 0 Å². The number of rotatable bonds is 5. The largest absolute Gasteiger partial charge is 0.416 e. The van der Waals surface area contributed by atoms with Crippen LogP contribution in [0, 0.1) is 5.92 Å². The van der Waals surface area contributed by atoms with Crippen molar-refractivity contribution in [1.29, 1.82) is 0 Å². The molecular weight excluding hydrogens is 255 g/mol. The van der Waals surface area contributed by atoms with E-state index in [1.165, 1.54) is 6.07 Å². The Hall–Kier alpha value is -1.07. The second-order valence-electron chi connectivity index (χ2n) is 5.16. The average Bonchev–Trinajstić information content (AvgIpc) is 2.28. The standard InChI is InChI=1S/C14H20F3NO/c1-9(2)6-13(19)12(8-18)10-4-3-5-11(7-10)14(15,16)17/h3-5,7,9,12-13,19H,6,8,18H2,1-2H3. The Kier molecular flexibility index (Phi) is 5.38. The molecule has 0 amide bonds. The SMILES string of the molecule is CC(C)CC(O)C(CN)c1cccc(C(F)(F)F)c1. The molecule has 0 aliphatic heterocycles. The van der Waals surface area contributed by atoms with Crippen molar-refractivity contribution in [2.24, 2.45) is 11.7 Å². The maximum Gasteiger partial charge on any atom is 0.416 e. The molecule has 0 aliphatic rings. The smallest absolute Gasteiger partial charge is 0.392 e. The Labute approximate surface area is 111 Å². The first kappa shape index (κ1) is 16.0. The molecule has 5 heteroatoms. The van der Waals surface area contributed by atoms with Gasteiger partial charge in [-0.25, -0.2) is 0 Å². The first-order valence-electron chi connectivity index (χ1n) is 6.31. The van der Waals surface area contributed by atoms with E-state index in [0.717, 1.165) is 12.1 Å². The van der Waals surface area contributed by atoms with Gasteiger partial charge >= 0.3 is 6.18 Å². The molecule has 3 N–H and O–H groups in total. The normalized spacial score (nSPS) is 15.6. The highest BCUT2D eigenvalue weighted by atomic mass is 19.4. The molecule has 1 aromatic rings. The van der Waals surface area contributed by atoms with E-state index < -0.39 is 23.8 Å². The van der Waals surface area contributed by atoms with Crippen molar-refractivity contribution in [3.8, 4) is 0 Å². The molecule has 0 heterocycles. The number of aliphatic hydroxyl groups is 1. The van der Waals surface area contributed by atoms with Crippen molar-refractivity contribution < 1.29 is 18.3 Å². The minimum atomic E-state index is -4.38. The van der Waals surface area contributed by atoms with E-state index in [0.29, 0.717) is 12.0 Å². The van der Waals surface area contributed by atoms with Crippen LogP contribution in [0.15, 0.2) is 24.3 Å². The molecule has 0 spiro atoms. The lowest BCUT2D eigenvalue weighted by Crippen LogP contribution is -2.27. The summed E-state index contributed by atoms with van der Waals surface area (Å²) in [4.78, 5) is 0. The van der Waals surface area contributed by atoms with Crippen LogP contribution >= 0.6 is 0 Å². The highest BCUT2D eigenvalue weighted by Crippen LogP contribution is 2.32. The first-order chi connectivity index (χ1) is 8.75. The van der Waals surface area contributed by atoms with Gasteiger partial charge in [0.15, 0.2) is 0 Å². The Morgan fingerprint density at radius 2 is 1.89 bits per heavy atom. The summed E-state index contributed by atoms with van der Waals surface area (Å²) >= 11 is 0. The third-order valence-electron chi connectivity index (χ3n) is 3.07. The average molecular weight is 275 g/mol.